The van der Waals surface area contributed by atoms with Crippen molar-refractivity contribution in [2.45, 2.75) is 13.1 Å². The molecule has 0 aliphatic carbocycles. The Balaban J connectivity index is 1.54. The number of halogens is 2. The molecule has 0 saturated heterocycles. The van der Waals surface area contributed by atoms with Crippen molar-refractivity contribution in [2.24, 2.45) is 0 Å². The maximum Gasteiger partial charge on any atom is 0.322 e. The van der Waals surface area contributed by atoms with Crippen LogP contribution in [-0.4, -0.2) is 32.2 Å². The van der Waals surface area contributed by atoms with Gasteiger partial charge in [0.1, 0.15) is 17.7 Å². The number of nitrogens with zero attached hydrogens (tertiary/aromatic N) is 5. The molecule has 28 heavy (non-hydrogen) atoms. The fourth-order valence-electron chi connectivity index (χ4n) is 3.06. The van der Waals surface area contributed by atoms with Gasteiger partial charge in [0.25, 0.3) is 0 Å². The minimum atomic E-state index is -0.640. The fraction of sp³-hybridized carbons (Fsp3) is 0.158. The molecule has 140 valence electrons. The van der Waals surface area contributed by atoms with Crippen LogP contribution in [0.4, 0.5) is 19.3 Å². The number of benzene rings is 1. The summed E-state index contributed by atoms with van der Waals surface area (Å²) >= 11 is 0. The summed E-state index contributed by atoms with van der Waals surface area (Å²) in [6, 6.07) is 8.07. The SMILES string of the molecule is N#Cc1cc(NC(=O)N2CCn3ncc(-c4ccc(F)cn4)c3C2)ccc1F. The largest absolute Gasteiger partial charge is 0.322 e. The fourth-order valence-corrected chi connectivity index (χ4v) is 3.06. The van der Waals surface area contributed by atoms with Crippen molar-refractivity contribution in [3.63, 3.8) is 0 Å². The first-order chi connectivity index (χ1) is 13.5. The van der Waals surface area contributed by atoms with Gasteiger partial charge < -0.3 is 10.2 Å². The van der Waals surface area contributed by atoms with Crippen LogP contribution in [0.5, 0.6) is 0 Å². The first-order valence-corrected chi connectivity index (χ1v) is 8.47. The van der Waals surface area contributed by atoms with E-state index in [-0.39, 0.29) is 18.1 Å². The number of aromatic nitrogens is 3. The minimum absolute atomic E-state index is 0.140. The first kappa shape index (κ1) is 17.6. The lowest BCUT2D eigenvalue weighted by Crippen LogP contribution is -2.41. The Bertz CT molecular complexity index is 1090. The Morgan fingerprint density at radius 2 is 2.04 bits per heavy atom. The van der Waals surface area contributed by atoms with Crippen molar-refractivity contribution in [3.8, 4) is 17.3 Å². The molecule has 1 aliphatic heterocycles. The summed E-state index contributed by atoms with van der Waals surface area (Å²) in [6.45, 7) is 1.21. The van der Waals surface area contributed by atoms with E-state index in [4.69, 9.17) is 5.26 Å². The van der Waals surface area contributed by atoms with Crippen LogP contribution in [0.25, 0.3) is 11.3 Å². The number of nitriles is 1. The lowest BCUT2D eigenvalue weighted by Gasteiger charge is -2.28. The molecule has 0 radical (unpaired) electrons. The van der Waals surface area contributed by atoms with E-state index in [9.17, 15) is 13.6 Å². The number of carbonyl (C=O) groups is 1. The molecule has 0 spiro atoms. The van der Waals surface area contributed by atoms with Crippen molar-refractivity contribution in [1.29, 1.82) is 5.26 Å². The number of rotatable bonds is 2. The number of hydrogen-bond acceptors (Lipinski definition) is 4. The Hall–Kier alpha value is -3.80. The smallest absolute Gasteiger partial charge is 0.317 e. The second-order valence-electron chi connectivity index (χ2n) is 6.25. The van der Waals surface area contributed by atoms with E-state index in [2.05, 4.69) is 15.4 Å². The quantitative estimate of drug-likeness (QED) is 0.740. The number of pyridine rings is 1. The predicted molar refractivity (Wildman–Crippen MR) is 96.0 cm³/mol. The molecular weight excluding hydrogens is 366 g/mol. The highest BCUT2D eigenvalue weighted by Gasteiger charge is 2.25. The summed E-state index contributed by atoms with van der Waals surface area (Å²) in [5.74, 6) is -1.07. The molecule has 1 N–H and O–H groups in total. The topological polar surface area (TPSA) is 86.8 Å². The molecule has 2 aromatic heterocycles. The number of hydrogen-bond donors (Lipinski definition) is 1. The van der Waals surface area contributed by atoms with E-state index in [1.54, 1.807) is 27.9 Å². The Morgan fingerprint density at radius 3 is 2.79 bits per heavy atom. The molecule has 0 fully saturated rings. The molecule has 9 heteroatoms. The third-order valence-electron chi connectivity index (χ3n) is 4.50. The summed E-state index contributed by atoms with van der Waals surface area (Å²) in [4.78, 5) is 18.3. The molecule has 4 rings (SSSR count). The van der Waals surface area contributed by atoms with E-state index in [0.29, 0.717) is 24.5 Å². The van der Waals surface area contributed by atoms with E-state index in [0.717, 1.165) is 23.5 Å². The molecule has 7 nitrogen and oxygen atoms in total. The summed E-state index contributed by atoms with van der Waals surface area (Å²) in [7, 11) is 0. The van der Waals surface area contributed by atoms with Crippen LogP contribution in [0.2, 0.25) is 0 Å². The van der Waals surface area contributed by atoms with Crippen LogP contribution in [0, 0.1) is 23.0 Å². The van der Waals surface area contributed by atoms with Crippen molar-refractivity contribution in [3.05, 3.63) is 65.6 Å². The molecular formula is C19H14F2N6O. The molecule has 0 bridgehead atoms. The molecule has 3 heterocycles. The Morgan fingerprint density at radius 1 is 1.18 bits per heavy atom. The minimum Gasteiger partial charge on any atom is -0.317 e. The summed E-state index contributed by atoms with van der Waals surface area (Å²) in [5.41, 5.74) is 2.28. The number of anilines is 1. The van der Waals surface area contributed by atoms with Gasteiger partial charge in [-0.1, -0.05) is 0 Å². The maximum atomic E-state index is 13.4. The maximum absolute atomic E-state index is 13.4. The lowest BCUT2D eigenvalue weighted by atomic mass is 10.1. The Kier molecular flexibility index (Phi) is 4.45. The van der Waals surface area contributed by atoms with Crippen molar-refractivity contribution < 1.29 is 13.6 Å². The average molecular weight is 380 g/mol. The molecule has 0 unspecified atom stereocenters. The monoisotopic (exact) mass is 380 g/mol. The van der Waals surface area contributed by atoms with Gasteiger partial charge in [0.05, 0.1) is 42.4 Å². The van der Waals surface area contributed by atoms with Gasteiger partial charge >= 0.3 is 6.03 Å². The van der Waals surface area contributed by atoms with Crippen LogP contribution in [-0.2, 0) is 13.1 Å². The summed E-state index contributed by atoms with van der Waals surface area (Å²) in [5, 5.41) is 15.9. The van der Waals surface area contributed by atoms with E-state index < -0.39 is 11.6 Å². The van der Waals surface area contributed by atoms with Crippen LogP contribution >= 0.6 is 0 Å². The lowest BCUT2D eigenvalue weighted by molar-refractivity contribution is 0.194. The predicted octanol–water partition coefficient (Wildman–Crippen LogP) is 3.14. The standard InChI is InChI=1S/C19H14F2N6O/c20-13-1-4-17(23-9-13)15-10-24-27-6-5-26(11-18(15)27)19(28)25-14-2-3-16(21)12(7-14)8-22/h1-4,7,9-10H,5-6,11H2,(H,25,28). The molecule has 0 saturated carbocycles. The third kappa shape index (κ3) is 3.27. The first-order valence-electron chi connectivity index (χ1n) is 8.47. The number of urea groups is 1. The molecule has 2 amide bonds. The highest BCUT2D eigenvalue weighted by atomic mass is 19.1. The van der Waals surface area contributed by atoms with Gasteiger partial charge in [-0.05, 0) is 30.3 Å². The normalized spacial score (nSPS) is 13.0. The van der Waals surface area contributed by atoms with E-state index >= 15 is 0 Å². The van der Waals surface area contributed by atoms with Gasteiger partial charge in [0.15, 0.2) is 0 Å². The van der Waals surface area contributed by atoms with Crippen LogP contribution in [0.1, 0.15) is 11.3 Å². The number of carbonyl (C=O) groups excluding carboxylic acids is 1. The van der Waals surface area contributed by atoms with Crippen LogP contribution in [0.3, 0.4) is 0 Å². The van der Waals surface area contributed by atoms with E-state index in [1.807, 2.05) is 0 Å². The Labute approximate surface area is 158 Å². The second kappa shape index (κ2) is 7.08. The molecule has 3 aromatic rings. The van der Waals surface area contributed by atoms with Gasteiger partial charge in [0.2, 0.25) is 0 Å². The van der Waals surface area contributed by atoms with E-state index in [1.165, 1.54) is 18.2 Å². The molecule has 0 atom stereocenters. The summed E-state index contributed by atoms with van der Waals surface area (Å²) < 4.78 is 28.4. The number of nitrogens with one attached hydrogen (secondary N) is 1. The van der Waals surface area contributed by atoms with Crippen molar-refractivity contribution >= 4 is 11.7 Å². The van der Waals surface area contributed by atoms with Gasteiger partial charge in [-0.2, -0.15) is 10.4 Å². The van der Waals surface area contributed by atoms with Crippen molar-refractivity contribution in [1.82, 2.24) is 19.7 Å². The van der Waals surface area contributed by atoms with Crippen LogP contribution < -0.4 is 5.32 Å². The van der Waals surface area contributed by atoms with Crippen molar-refractivity contribution in [2.75, 3.05) is 11.9 Å². The number of fused-ring (bicyclic) bond motifs is 1. The van der Waals surface area contributed by atoms with Gasteiger partial charge in [-0.15, -0.1) is 0 Å². The van der Waals surface area contributed by atoms with Crippen LogP contribution in [0.15, 0.2) is 42.7 Å². The average Bonchev–Trinajstić information content (AvgIpc) is 3.13. The summed E-state index contributed by atoms with van der Waals surface area (Å²) in [6.07, 6.45) is 2.78. The third-order valence-corrected chi connectivity index (χ3v) is 4.50. The highest BCUT2D eigenvalue weighted by Crippen LogP contribution is 2.26. The highest BCUT2D eigenvalue weighted by molar-refractivity contribution is 5.89. The van der Waals surface area contributed by atoms with Gasteiger partial charge in [0, 0.05) is 17.8 Å². The zero-order valence-corrected chi connectivity index (χ0v) is 14.6. The zero-order valence-electron chi connectivity index (χ0n) is 14.6. The van der Waals surface area contributed by atoms with Gasteiger partial charge in [-0.3, -0.25) is 9.67 Å². The second-order valence-corrected chi connectivity index (χ2v) is 6.25. The van der Waals surface area contributed by atoms with Gasteiger partial charge in [-0.25, -0.2) is 13.6 Å². The zero-order chi connectivity index (χ0) is 19.7. The number of amides is 2. The molecule has 1 aliphatic rings. The molecule has 1 aromatic carbocycles.